The molecule has 0 aromatic carbocycles. The van der Waals surface area contributed by atoms with E-state index in [0.717, 1.165) is 56.2 Å². The molecule has 2 heterocycles. The monoisotopic (exact) mass is 303 g/mol. The summed E-state index contributed by atoms with van der Waals surface area (Å²) >= 11 is 0. The molecule has 1 unspecified atom stereocenters. The molecule has 122 valence electrons. The van der Waals surface area contributed by atoms with E-state index in [9.17, 15) is 0 Å². The van der Waals surface area contributed by atoms with Crippen LogP contribution in [0.5, 0.6) is 0 Å². The number of furan rings is 1. The summed E-state index contributed by atoms with van der Waals surface area (Å²) in [6, 6.07) is 3.92. The van der Waals surface area contributed by atoms with Gasteiger partial charge in [0.05, 0.1) is 6.26 Å². The number of rotatable bonds is 7. The summed E-state index contributed by atoms with van der Waals surface area (Å²) in [5, 5.41) is 3.39. The Hall–Kier alpha value is -1.71. The van der Waals surface area contributed by atoms with Gasteiger partial charge in [-0.05, 0) is 36.8 Å². The maximum absolute atomic E-state index is 5.36. The van der Waals surface area contributed by atoms with Gasteiger partial charge in [-0.3, -0.25) is 4.99 Å². The minimum Gasteiger partial charge on any atom is -0.469 e. The highest BCUT2D eigenvalue weighted by molar-refractivity contribution is 5.80. The number of guanidine groups is 1. The molecule has 0 radical (unpaired) electrons. The fourth-order valence-corrected chi connectivity index (χ4v) is 3.04. The average Bonchev–Trinajstić information content (AvgIpc) is 3.13. The second-order valence-electron chi connectivity index (χ2n) is 6.43. The number of likely N-dealkylation sites (tertiary alicyclic amines) is 1. The normalized spacial score (nSPS) is 19.0. The molecule has 2 rings (SSSR count). The molecule has 0 bridgehead atoms. The largest absolute Gasteiger partial charge is 0.469 e. The van der Waals surface area contributed by atoms with Crippen LogP contribution in [0.3, 0.4) is 0 Å². The highest BCUT2D eigenvalue weighted by Gasteiger charge is 2.25. The number of hydrogen-bond donors (Lipinski definition) is 1. The van der Waals surface area contributed by atoms with Crippen molar-refractivity contribution in [3.63, 3.8) is 0 Å². The maximum Gasteiger partial charge on any atom is 0.194 e. The van der Waals surface area contributed by atoms with Crippen molar-refractivity contribution in [3.8, 4) is 0 Å². The van der Waals surface area contributed by atoms with Crippen LogP contribution in [0.4, 0.5) is 0 Å². The van der Waals surface area contributed by atoms with Crippen LogP contribution in [0.2, 0.25) is 0 Å². The van der Waals surface area contributed by atoms with Crippen molar-refractivity contribution in [1.82, 2.24) is 10.2 Å². The molecule has 1 N–H and O–H groups in total. The first-order valence-electron chi connectivity index (χ1n) is 8.35. The zero-order valence-electron chi connectivity index (χ0n) is 13.9. The van der Waals surface area contributed by atoms with E-state index >= 15 is 0 Å². The zero-order valence-corrected chi connectivity index (χ0v) is 13.9. The molecule has 1 atom stereocenters. The highest BCUT2D eigenvalue weighted by atomic mass is 16.3. The van der Waals surface area contributed by atoms with E-state index in [0.29, 0.717) is 0 Å². The fourth-order valence-electron chi connectivity index (χ4n) is 3.04. The lowest BCUT2D eigenvalue weighted by molar-refractivity contribution is 0.404. The first-order chi connectivity index (χ1) is 10.7. The number of nitrogens with one attached hydrogen (secondary N) is 1. The van der Waals surface area contributed by atoms with Crippen molar-refractivity contribution in [2.75, 3.05) is 26.2 Å². The van der Waals surface area contributed by atoms with Crippen LogP contribution in [-0.2, 0) is 6.42 Å². The van der Waals surface area contributed by atoms with Gasteiger partial charge in [0, 0.05) is 32.6 Å². The third kappa shape index (κ3) is 5.24. The van der Waals surface area contributed by atoms with E-state index in [1.807, 2.05) is 18.2 Å². The smallest absolute Gasteiger partial charge is 0.194 e. The SMILES string of the molecule is C=CCNC(=NCCc1ccco1)N1CCC(CC(C)C)C1. The van der Waals surface area contributed by atoms with E-state index < -0.39 is 0 Å². The van der Waals surface area contributed by atoms with Gasteiger partial charge in [-0.15, -0.1) is 6.58 Å². The number of hydrogen-bond acceptors (Lipinski definition) is 2. The zero-order chi connectivity index (χ0) is 15.8. The third-order valence-electron chi connectivity index (χ3n) is 3.99. The summed E-state index contributed by atoms with van der Waals surface area (Å²) in [6.45, 7) is 12.1. The van der Waals surface area contributed by atoms with Gasteiger partial charge in [0.2, 0.25) is 0 Å². The first kappa shape index (κ1) is 16.7. The molecule has 0 aliphatic carbocycles. The van der Waals surface area contributed by atoms with Crippen LogP contribution in [0.1, 0.15) is 32.4 Å². The Morgan fingerprint density at radius 2 is 2.45 bits per heavy atom. The van der Waals surface area contributed by atoms with Crippen molar-refractivity contribution < 1.29 is 4.42 Å². The Labute approximate surface area is 134 Å². The Kier molecular flexibility index (Phi) is 6.56. The van der Waals surface area contributed by atoms with E-state index in [4.69, 9.17) is 9.41 Å². The molecular weight excluding hydrogens is 274 g/mol. The molecule has 0 amide bonds. The minimum absolute atomic E-state index is 0.748. The lowest BCUT2D eigenvalue weighted by Gasteiger charge is -2.22. The topological polar surface area (TPSA) is 40.8 Å². The van der Waals surface area contributed by atoms with Gasteiger partial charge in [0.25, 0.3) is 0 Å². The van der Waals surface area contributed by atoms with Crippen LogP contribution >= 0.6 is 0 Å². The summed E-state index contributed by atoms with van der Waals surface area (Å²) in [7, 11) is 0. The van der Waals surface area contributed by atoms with E-state index in [1.165, 1.54) is 12.8 Å². The molecule has 1 aromatic rings. The number of aliphatic imine (C=N–C) groups is 1. The fraction of sp³-hybridized carbons (Fsp3) is 0.611. The van der Waals surface area contributed by atoms with E-state index in [2.05, 4.69) is 30.6 Å². The van der Waals surface area contributed by atoms with Gasteiger partial charge in [0.15, 0.2) is 5.96 Å². The van der Waals surface area contributed by atoms with E-state index in [-0.39, 0.29) is 0 Å². The Bertz CT molecular complexity index is 465. The molecule has 22 heavy (non-hydrogen) atoms. The van der Waals surface area contributed by atoms with Gasteiger partial charge in [-0.25, -0.2) is 0 Å². The van der Waals surface area contributed by atoms with Crippen LogP contribution in [0, 0.1) is 11.8 Å². The van der Waals surface area contributed by atoms with Gasteiger partial charge in [0.1, 0.15) is 5.76 Å². The summed E-state index contributed by atoms with van der Waals surface area (Å²) in [5.41, 5.74) is 0. The quantitative estimate of drug-likeness (QED) is 0.477. The van der Waals surface area contributed by atoms with Crippen molar-refractivity contribution in [2.45, 2.75) is 33.1 Å². The summed E-state index contributed by atoms with van der Waals surface area (Å²) < 4.78 is 5.36. The summed E-state index contributed by atoms with van der Waals surface area (Å²) in [5.74, 6) is 3.56. The molecule has 0 spiro atoms. The van der Waals surface area contributed by atoms with Gasteiger partial charge >= 0.3 is 0 Å². The van der Waals surface area contributed by atoms with Crippen LogP contribution < -0.4 is 5.32 Å². The molecule has 4 heteroatoms. The van der Waals surface area contributed by atoms with Gasteiger partial charge in [-0.1, -0.05) is 19.9 Å². The van der Waals surface area contributed by atoms with E-state index in [1.54, 1.807) is 6.26 Å². The molecule has 1 aliphatic rings. The van der Waals surface area contributed by atoms with Crippen molar-refractivity contribution >= 4 is 5.96 Å². The van der Waals surface area contributed by atoms with Crippen LogP contribution in [0.25, 0.3) is 0 Å². The minimum atomic E-state index is 0.748. The summed E-state index contributed by atoms with van der Waals surface area (Å²) in [4.78, 5) is 7.14. The predicted molar refractivity (Wildman–Crippen MR) is 92.0 cm³/mol. The van der Waals surface area contributed by atoms with Crippen molar-refractivity contribution in [1.29, 1.82) is 0 Å². The second-order valence-corrected chi connectivity index (χ2v) is 6.43. The third-order valence-corrected chi connectivity index (χ3v) is 3.99. The Morgan fingerprint density at radius 3 is 3.14 bits per heavy atom. The standard InChI is InChI=1S/C18H29N3O/c1-4-9-19-18(20-10-7-17-6-5-12-22-17)21-11-8-16(14-21)13-15(2)3/h4-6,12,15-16H,1,7-11,13-14H2,2-3H3,(H,19,20). The molecule has 1 saturated heterocycles. The Morgan fingerprint density at radius 1 is 1.59 bits per heavy atom. The first-order valence-corrected chi connectivity index (χ1v) is 8.35. The molecule has 1 aromatic heterocycles. The maximum atomic E-state index is 5.36. The lowest BCUT2D eigenvalue weighted by Crippen LogP contribution is -2.40. The van der Waals surface area contributed by atoms with Crippen LogP contribution in [-0.4, -0.2) is 37.0 Å². The molecule has 0 saturated carbocycles. The number of nitrogens with zero attached hydrogens (tertiary/aromatic N) is 2. The van der Waals surface area contributed by atoms with Crippen molar-refractivity contribution in [2.24, 2.45) is 16.8 Å². The average molecular weight is 303 g/mol. The van der Waals surface area contributed by atoms with Crippen molar-refractivity contribution in [3.05, 3.63) is 36.8 Å². The molecule has 1 aliphatic heterocycles. The highest BCUT2D eigenvalue weighted by Crippen LogP contribution is 2.23. The van der Waals surface area contributed by atoms with Crippen LogP contribution in [0.15, 0.2) is 40.5 Å². The lowest BCUT2D eigenvalue weighted by atomic mass is 9.97. The second kappa shape index (κ2) is 8.66. The van der Waals surface area contributed by atoms with Gasteiger partial charge < -0.3 is 14.6 Å². The summed E-state index contributed by atoms with van der Waals surface area (Å²) in [6.07, 6.45) is 7.01. The Balaban J connectivity index is 1.89. The van der Waals surface area contributed by atoms with Gasteiger partial charge in [-0.2, -0.15) is 0 Å². The molecular formula is C18H29N3O. The molecule has 4 nitrogen and oxygen atoms in total. The predicted octanol–water partition coefficient (Wildman–Crippen LogP) is 3.32. The molecule has 1 fully saturated rings.